The van der Waals surface area contributed by atoms with E-state index in [2.05, 4.69) is 25.6 Å². The first kappa shape index (κ1) is 26.3. The summed E-state index contributed by atoms with van der Waals surface area (Å²) in [5.74, 6) is -1.77. The number of nitrogens with one attached hydrogen (secondary N) is 2. The Morgan fingerprint density at radius 3 is 2.53 bits per heavy atom. The van der Waals surface area contributed by atoms with E-state index in [0.29, 0.717) is 18.4 Å². The first-order chi connectivity index (χ1) is 16.1. The Bertz CT molecular complexity index is 1020. The molecule has 2 atom stereocenters. The van der Waals surface area contributed by atoms with Crippen molar-refractivity contribution in [2.24, 2.45) is 22.4 Å². The third-order valence-corrected chi connectivity index (χ3v) is 4.81. The predicted molar refractivity (Wildman–Crippen MR) is 124 cm³/mol. The van der Waals surface area contributed by atoms with Crippen LogP contribution in [-0.2, 0) is 4.79 Å². The van der Waals surface area contributed by atoms with E-state index >= 15 is 0 Å². The topological polar surface area (TPSA) is 199 Å². The second-order valence-corrected chi connectivity index (χ2v) is 8.17. The van der Waals surface area contributed by atoms with Crippen LogP contribution in [0.1, 0.15) is 71.6 Å². The van der Waals surface area contributed by atoms with Crippen LogP contribution in [-0.4, -0.2) is 51.4 Å². The number of aliphatic imine (C=N–C) groups is 1. The van der Waals surface area contributed by atoms with Gasteiger partial charge in [-0.1, -0.05) is 13.8 Å². The number of pyridine rings is 1. The molecule has 0 aliphatic heterocycles. The number of rotatable bonds is 12. The zero-order valence-corrected chi connectivity index (χ0v) is 19.4. The molecule has 34 heavy (non-hydrogen) atoms. The maximum Gasteiger partial charge on any atom is 0.326 e. The lowest BCUT2D eigenvalue weighted by Crippen LogP contribution is -2.41. The van der Waals surface area contributed by atoms with Crippen LogP contribution in [0.15, 0.2) is 33.9 Å². The van der Waals surface area contributed by atoms with Gasteiger partial charge in [-0.3, -0.25) is 19.6 Å². The molecule has 2 heterocycles. The fourth-order valence-corrected chi connectivity index (χ4v) is 3.20. The first-order valence-corrected chi connectivity index (χ1v) is 10.9. The fraction of sp³-hybridized carbons (Fsp3) is 0.455. The van der Waals surface area contributed by atoms with E-state index in [-0.39, 0.29) is 48.1 Å². The summed E-state index contributed by atoms with van der Waals surface area (Å²) >= 11 is 0. The van der Waals surface area contributed by atoms with Crippen LogP contribution in [0.25, 0.3) is 0 Å². The van der Waals surface area contributed by atoms with Gasteiger partial charge in [-0.2, -0.15) is 0 Å². The van der Waals surface area contributed by atoms with Crippen molar-refractivity contribution in [1.82, 2.24) is 20.6 Å². The van der Waals surface area contributed by atoms with Gasteiger partial charge in [0.15, 0.2) is 11.7 Å². The van der Waals surface area contributed by atoms with Gasteiger partial charge in [0, 0.05) is 18.9 Å². The lowest BCUT2D eigenvalue weighted by Gasteiger charge is -2.17. The number of nitrogens with two attached hydrogens (primary N) is 2. The molecule has 0 spiro atoms. The summed E-state index contributed by atoms with van der Waals surface area (Å²) in [6, 6.07) is 1.54. The van der Waals surface area contributed by atoms with Gasteiger partial charge >= 0.3 is 5.97 Å². The molecule has 1 unspecified atom stereocenters. The highest BCUT2D eigenvalue weighted by atomic mass is 16.4. The second kappa shape index (κ2) is 12.3. The van der Waals surface area contributed by atoms with E-state index in [0.717, 1.165) is 0 Å². The number of carboxylic acid groups (broad SMARTS) is 1. The highest BCUT2D eigenvalue weighted by Crippen LogP contribution is 2.24. The molecule has 0 aromatic carbocycles. The molecule has 0 radical (unpaired) electrons. The van der Waals surface area contributed by atoms with Crippen LogP contribution in [0.2, 0.25) is 0 Å². The van der Waals surface area contributed by atoms with Crippen molar-refractivity contribution >= 4 is 23.7 Å². The zero-order valence-electron chi connectivity index (χ0n) is 19.4. The molecule has 0 saturated heterocycles. The van der Waals surface area contributed by atoms with Gasteiger partial charge in [0.2, 0.25) is 5.89 Å². The lowest BCUT2D eigenvalue weighted by atomic mass is 10.0. The van der Waals surface area contributed by atoms with E-state index < -0.39 is 24.0 Å². The molecule has 2 aromatic rings. The highest BCUT2D eigenvalue weighted by molar-refractivity contribution is 5.96. The van der Waals surface area contributed by atoms with E-state index in [4.69, 9.17) is 15.9 Å². The third kappa shape index (κ3) is 7.87. The van der Waals surface area contributed by atoms with Crippen LogP contribution in [0, 0.1) is 12.8 Å². The number of carbonyl (C=O) groups excluding carboxylic acids is 2. The summed E-state index contributed by atoms with van der Waals surface area (Å²) in [5.41, 5.74) is 10.8. The van der Waals surface area contributed by atoms with Gasteiger partial charge < -0.3 is 31.6 Å². The Kier molecular flexibility index (Phi) is 9.53. The SMILES string of the molecule is Cc1oc(C(CC(C)C)NC(=O)c2cccnc2)nc1C(=O)N[C@@H](CCCN=C(N)N)C(=O)O. The number of aryl methyl sites for hydroxylation is 1. The van der Waals surface area contributed by atoms with Gasteiger partial charge in [0.1, 0.15) is 17.8 Å². The number of carboxylic acids is 1. The molecule has 12 heteroatoms. The number of oxazole rings is 1. The molecule has 2 rings (SSSR count). The van der Waals surface area contributed by atoms with Crippen molar-refractivity contribution in [2.45, 2.75) is 52.1 Å². The quantitative estimate of drug-likeness (QED) is 0.170. The van der Waals surface area contributed by atoms with E-state index in [1.807, 2.05) is 13.8 Å². The van der Waals surface area contributed by atoms with Crippen molar-refractivity contribution in [3.8, 4) is 0 Å². The van der Waals surface area contributed by atoms with Crippen LogP contribution in [0.4, 0.5) is 0 Å². The minimum Gasteiger partial charge on any atom is -0.480 e. The van der Waals surface area contributed by atoms with Crippen LogP contribution < -0.4 is 22.1 Å². The largest absolute Gasteiger partial charge is 0.480 e. The van der Waals surface area contributed by atoms with Crippen molar-refractivity contribution in [3.05, 3.63) is 47.4 Å². The average Bonchev–Trinajstić information content (AvgIpc) is 3.17. The molecule has 0 bridgehead atoms. The Morgan fingerprint density at radius 2 is 1.94 bits per heavy atom. The van der Waals surface area contributed by atoms with Gasteiger partial charge in [-0.25, -0.2) is 9.78 Å². The number of guanidine groups is 1. The number of nitrogens with zero attached hydrogens (tertiary/aromatic N) is 3. The normalized spacial score (nSPS) is 12.6. The maximum absolute atomic E-state index is 12.8. The van der Waals surface area contributed by atoms with Crippen molar-refractivity contribution in [3.63, 3.8) is 0 Å². The summed E-state index contributed by atoms with van der Waals surface area (Å²) in [4.78, 5) is 49.0. The monoisotopic (exact) mass is 473 g/mol. The average molecular weight is 474 g/mol. The minimum atomic E-state index is -1.19. The Morgan fingerprint density at radius 1 is 1.21 bits per heavy atom. The van der Waals surface area contributed by atoms with E-state index in [9.17, 15) is 19.5 Å². The summed E-state index contributed by atoms with van der Waals surface area (Å²) in [5, 5.41) is 14.8. The standard InChI is InChI=1S/C22H31N7O5/c1-12(2)10-16(28-18(30)14-6-4-8-25-11-14)20-29-17(13(3)34-20)19(31)27-15(21(32)33)7-5-9-26-22(23)24/h4,6,8,11-12,15-16H,5,7,9-10H2,1-3H3,(H,27,31)(H,28,30)(H,32,33)(H4,23,24,26)/t15-,16?/m0/s1. The number of hydrogen-bond acceptors (Lipinski definition) is 7. The van der Waals surface area contributed by atoms with E-state index in [1.54, 1.807) is 25.3 Å². The van der Waals surface area contributed by atoms with Gasteiger partial charge in [0.25, 0.3) is 11.8 Å². The number of amides is 2. The number of carbonyl (C=O) groups is 3. The minimum absolute atomic E-state index is 0.0464. The summed E-state index contributed by atoms with van der Waals surface area (Å²) < 4.78 is 5.71. The predicted octanol–water partition coefficient (Wildman–Crippen LogP) is 1.13. The van der Waals surface area contributed by atoms with Crippen molar-refractivity contribution in [1.29, 1.82) is 0 Å². The molecule has 0 saturated carbocycles. The molecule has 2 amide bonds. The summed E-state index contributed by atoms with van der Waals surface area (Å²) in [7, 11) is 0. The van der Waals surface area contributed by atoms with Gasteiger partial charge in [-0.05, 0) is 44.2 Å². The van der Waals surface area contributed by atoms with Gasteiger partial charge in [0.05, 0.1) is 5.56 Å². The molecular formula is C22H31N7O5. The fourth-order valence-electron chi connectivity index (χ4n) is 3.20. The zero-order chi connectivity index (χ0) is 25.3. The van der Waals surface area contributed by atoms with Gasteiger partial charge in [-0.15, -0.1) is 0 Å². The molecular weight excluding hydrogens is 442 g/mol. The smallest absolute Gasteiger partial charge is 0.326 e. The Balaban J connectivity index is 2.15. The van der Waals surface area contributed by atoms with Crippen LogP contribution in [0.3, 0.4) is 0 Å². The van der Waals surface area contributed by atoms with Crippen molar-refractivity contribution in [2.75, 3.05) is 6.54 Å². The molecule has 12 nitrogen and oxygen atoms in total. The molecule has 0 fully saturated rings. The molecule has 7 N–H and O–H groups in total. The third-order valence-electron chi connectivity index (χ3n) is 4.81. The Hall–Kier alpha value is -3.96. The molecule has 0 aliphatic rings. The Labute approximate surface area is 197 Å². The van der Waals surface area contributed by atoms with Crippen LogP contribution in [0.5, 0.6) is 0 Å². The highest BCUT2D eigenvalue weighted by Gasteiger charge is 2.28. The van der Waals surface area contributed by atoms with Crippen LogP contribution >= 0.6 is 0 Å². The first-order valence-electron chi connectivity index (χ1n) is 10.9. The summed E-state index contributed by atoms with van der Waals surface area (Å²) in [6.45, 7) is 5.75. The number of aromatic nitrogens is 2. The maximum atomic E-state index is 12.8. The van der Waals surface area contributed by atoms with Crippen molar-refractivity contribution < 1.29 is 23.9 Å². The number of aliphatic carboxylic acids is 1. The molecule has 184 valence electrons. The molecule has 2 aromatic heterocycles. The second-order valence-electron chi connectivity index (χ2n) is 8.17. The summed E-state index contributed by atoms with van der Waals surface area (Å²) in [6.07, 6.45) is 4.00. The van der Waals surface area contributed by atoms with E-state index in [1.165, 1.54) is 6.20 Å². The molecule has 0 aliphatic carbocycles. The number of hydrogen-bond donors (Lipinski definition) is 5. The lowest BCUT2D eigenvalue weighted by molar-refractivity contribution is -0.139.